The molecule has 0 aromatic rings. The van der Waals surface area contributed by atoms with Crippen molar-refractivity contribution in [3.05, 3.63) is 0 Å². The Morgan fingerprint density at radius 2 is 1.15 bits per heavy atom. The van der Waals surface area contributed by atoms with Crippen molar-refractivity contribution in [2.24, 2.45) is 28.9 Å². The third kappa shape index (κ3) is 11.4. The van der Waals surface area contributed by atoms with E-state index < -0.39 is 84.3 Å². The maximum Gasteiger partial charge on any atom is 0.326 e. The van der Waals surface area contributed by atoms with Gasteiger partial charge >= 0.3 is 5.97 Å². The predicted octanol–water partition coefficient (Wildman–Crippen LogP) is -4.48. The minimum atomic E-state index is -1.61. The third-order valence-corrected chi connectivity index (χ3v) is 4.35. The Kier molecular flexibility index (Phi) is 12.1. The van der Waals surface area contributed by atoms with E-state index in [1.807, 2.05) is 0 Å². The Morgan fingerprint density at radius 3 is 1.52 bits per heavy atom. The van der Waals surface area contributed by atoms with Crippen LogP contribution in [0.15, 0.2) is 0 Å². The van der Waals surface area contributed by atoms with Gasteiger partial charge in [0.25, 0.3) is 0 Å². The van der Waals surface area contributed by atoms with E-state index in [1.54, 1.807) is 0 Å². The standard InChI is InChI=1S/C18H31N7O8/c1-7(2)14(18(32)33)25-17(31)10(6-13(22)28)24-16(30)9(5-12(21)27)23-15(29)8(19)3-4-11(20)26/h7-10,14H,3-6,19H2,1-2H3,(H2,20,26)(H2,21,27)(H2,22,28)(H,23,29)(H,24,30)(H,25,31)(H,32,33). The number of carboxylic acids is 1. The highest BCUT2D eigenvalue weighted by atomic mass is 16.4. The van der Waals surface area contributed by atoms with Crippen LogP contribution in [0.4, 0.5) is 0 Å². The molecule has 4 unspecified atom stereocenters. The van der Waals surface area contributed by atoms with Gasteiger partial charge in [-0.3, -0.25) is 28.8 Å². The maximum absolute atomic E-state index is 12.7. The fourth-order valence-electron chi connectivity index (χ4n) is 2.57. The molecule has 4 atom stereocenters. The van der Waals surface area contributed by atoms with Gasteiger partial charge in [0.05, 0.1) is 18.9 Å². The zero-order valence-electron chi connectivity index (χ0n) is 18.3. The quantitative estimate of drug-likeness (QED) is 0.114. The van der Waals surface area contributed by atoms with Gasteiger partial charge in [-0.25, -0.2) is 4.79 Å². The van der Waals surface area contributed by atoms with Gasteiger partial charge in [0.2, 0.25) is 35.4 Å². The monoisotopic (exact) mass is 473 g/mol. The molecule has 0 bridgehead atoms. The van der Waals surface area contributed by atoms with E-state index in [0.717, 1.165) is 0 Å². The largest absolute Gasteiger partial charge is 0.480 e. The third-order valence-electron chi connectivity index (χ3n) is 4.35. The van der Waals surface area contributed by atoms with E-state index in [9.17, 15) is 38.7 Å². The molecule has 33 heavy (non-hydrogen) atoms. The summed E-state index contributed by atoms with van der Waals surface area (Å²) < 4.78 is 0. The van der Waals surface area contributed by atoms with Crippen LogP contribution in [0.3, 0.4) is 0 Å². The molecular formula is C18H31N7O8. The van der Waals surface area contributed by atoms with Gasteiger partial charge in [-0.1, -0.05) is 13.8 Å². The van der Waals surface area contributed by atoms with Crippen LogP contribution in [0.25, 0.3) is 0 Å². The Balaban J connectivity index is 5.51. The number of nitrogens with two attached hydrogens (primary N) is 4. The molecular weight excluding hydrogens is 442 g/mol. The van der Waals surface area contributed by atoms with Crippen molar-refractivity contribution in [2.75, 3.05) is 0 Å². The maximum atomic E-state index is 12.7. The van der Waals surface area contributed by atoms with E-state index in [2.05, 4.69) is 16.0 Å². The highest BCUT2D eigenvalue weighted by Gasteiger charge is 2.32. The predicted molar refractivity (Wildman–Crippen MR) is 112 cm³/mol. The molecule has 6 amide bonds. The zero-order chi connectivity index (χ0) is 25.9. The number of amides is 6. The average Bonchev–Trinajstić information content (AvgIpc) is 2.67. The van der Waals surface area contributed by atoms with Gasteiger partial charge in [-0.15, -0.1) is 0 Å². The Labute approximate surface area is 189 Å². The number of hydrogen-bond acceptors (Lipinski definition) is 8. The summed E-state index contributed by atoms with van der Waals surface area (Å²) in [5.74, 6) is -7.55. The van der Waals surface area contributed by atoms with Gasteiger partial charge in [-0.2, -0.15) is 0 Å². The van der Waals surface area contributed by atoms with Crippen LogP contribution >= 0.6 is 0 Å². The molecule has 15 nitrogen and oxygen atoms in total. The molecule has 0 aliphatic rings. The number of rotatable bonds is 15. The second kappa shape index (κ2) is 13.6. The lowest BCUT2D eigenvalue weighted by atomic mass is 10.0. The summed E-state index contributed by atoms with van der Waals surface area (Å²) in [6.45, 7) is 3.06. The van der Waals surface area contributed by atoms with Gasteiger partial charge in [0.1, 0.15) is 18.1 Å². The molecule has 0 saturated heterocycles. The van der Waals surface area contributed by atoms with Crippen molar-refractivity contribution in [3.8, 4) is 0 Å². The molecule has 0 saturated carbocycles. The summed E-state index contributed by atoms with van der Waals surface area (Å²) in [5, 5.41) is 15.7. The van der Waals surface area contributed by atoms with Crippen LogP contribution in [-0.2, 0) is 33.6 Å². The van der Waals surface area contributed by atoms with Crippen LogP contribution in [0.2, 0.25) is 0 Å². The lowest BCUT2D eigenvalue weighted by Gasteiger charge is -2.25. The summed E-state index contributed by atoms with van der Waals surface area (Å²) in [6.07, 6.45) is -1.72. The highest BCUT2D eigenvalue weighted by molar-refractivity contribution is 5.97. The minimum Gasteiger partial charge on any atom is -0.480 e. The number of aliphatic carboxylic acids is 1. The van der Waals surface area contributed by atoms with Crippen LogP contribution in [0.5, 0.6) is 0 Å². The molecule has 0 aromatic carbocycles. The fraction of sp³-hybridized carbons (Fsp3) is 0.611. The SMILES string of the molecule is CC(C)C(NC(=O)C(CC(N)=O)NC(=O)C(CC(N)=O)NC(=O)C(N)CCC(N)=O)C(=O)O. The van der Waals surface area contributed by atoms with Crippen LogP contribution < -0.4 is 38.9 Å². The minimum absolute atomic E-state index is 0.134. The zero-order valence-corrected chi connectivity index (χ0v) is 18.3. The molecule has 0 heterocycles. The van der Waals surface area contributed by atoms with Gasteiger partial charge < -0.3 is 44.0 Å². The van der Waals surface area contributed by atoms with E-state index >= 15 is 0 Å². The normalized spacial score (nSPS) is 14.3. The van der Waals surface area contributed by atoms with Crippen LogP contribution in [0, 0.1) is 5.92 Å². The summed E-state index contributed by atoms with van der Waals surface area (Å²) in [5.41, 5.74) is 20.8. The molecule has 15 heteroatoms. The summed E-state index contributed by atoms with van der Waals surface area (Å²) >= 11 is 0. The second-order valence-corrected chi connectivity index (χ2v) is 7.64. The Bertz CT molecular complexity index is 786. The number of nitrogens with one attached hydrogen (secondary N) is 3. The van der Waals surface area contributed by atoms with E-state index in [0.29, 0.717) is 0 Å². The molecule has 0 radical (unpaired) electrons. The summed E-state index contributed by atoms with van der Waals surface area (Å²) in [7, 11) is 0. The summed E-state index contributed by atoms with van der Waals surface area (Å²) in [4.78, 5) is 82.3. The van der Waals surface area contributed by atoms with Crippen molar-refractivity contribution in [3.63, 3.8) is 0 Å². The van der Waals surface area contributed by atoms with Gasteiger partial charge in [0, 0.05) is 6.42 Å². The molecule has 0 aliphatic heterocycles. The van der Waals surface area contributed by atoms with E-state index in [-0.39, 0.29) is 12.8 Å². The van der Waals surface area contributed by atoms with Crippen molar-refractivity contribution in [2.45, 2.75) is 63.7 Å². The Hall–Kier alpha value is -3.75. The van der Waals surface area contributed by atoms with Crippen molar-refractivity contribution < 1.29 is 38.7 Å². The topological polar surface area (TPSA) is 280 Å². The van der Waals surface area contributed by atoms with Crippen molar-refractivity contribution >= 4 is 41.4 Å². The highest BCUT2D eigenvalue weighted by Crippen LogP contribution is 2.05. The van der Waals surface area contributed by atoms with Gasteiger partial charge in [0.15, 0.2) is 0 Å². The van der Waals surface area contributed by atoms with Gasteiger partial charge in [-0.05, 0) is 12.3 Å². The molecule has 0 aromatic heterocycles. The number of hydrogen-bond donors (Lipinski definition) is 8. The molecule has 0 aliphatic carbocycles. The average molecular weight is 473 g/mol. The smallest absolute Gasteiger partial charge is 0.326 e. The number of carbonyl (C=O) groups excluding carboxylic acids is 6. The summed E-state index contributed by atoms with van der Waals surface area (Å²) in [6, 6.07) is -5.76. The lowest BCUT2D eigenvalue weighted by molar-refractivity contribution is -0.143. The first-order valence-electron chi connectivity index (χ1n) is 9.90. The molecule has 0 rings (SSSR count). The van der Waals surface area contributed by atoms with E-state index in [1.165, 1.54) is 13.8 Å². The van der Waals surface area contributed by atoms with Crippen LogP contribution in [0.1, 0.15) is 39.5 Å². The van der Waals surface area contributed by atoms with Crippen LogP contribution in [-0.4, -0.2) is 70.7 Å². The number of primary amides is 3. The molecule has 0 fully saturated rings. The first kappa shape index (κ1) is 29.2. The molecule has 12 N–H and O–H groups in total. The Morgan fingerprint density at radius 1 is 0.727 bits per heavy atom. The van der Waals surface area contributed by atoms with E-state index in [4.69, 9.17) is 22.9 Å². The van der Waals surface area contributed by atoms with Crippen molar-refractivity contribution in [1.29, 1.82) is 0 Å². The van der Waals surface area contributed by atoms with Crippen molar-refractivity contribution in [1.82, 2.24) is 16.0 Å². The number of carboxylic acid groups (broad SMARTS) is 1. The first-order valence-corrected chi connectivity index (χ1v) is 9.90. The molecule has 186 valence electrons. The first-order chi connectivity index (χ1) is 15.1. The fourth-order valence-corrected chi connectivity index (χ4v) is 2.57. The second-order valence-electron chi connectivity index (χ2n) is 7.64. The number of carbonyl (C=O) groups is 7. The lowest BCUT2D eigenvalue weighted by Crippen LogP contribution is -2.58. The molecule has 0 spiro atoms.